The van der Waals surface area contributed by atoms with E-state index in [0.717, 1.165) is 19.3 Å². The van der Waals surface area contributed by atoms with Crippen LogP contribution in [-0.2, 0) is 14.3 Å². The summed E-state index contributed by atoms with van der Waals surface area (Å²) in [6.07, 6.45) is 4.33. The van der Waals surface area contributed by atoms with Gasteiger partial charge in [-0.25, -0.2) is 0 Å². The highest BCUT2D eigenvalue weighted by Gasteiger charge is 2.32. The van der Waals surface area contributed by atoms with Gasteiger partial charge in [0.15, 0.2) is 5.78 Å². The molecule has 0 amide bonds. The lowest BCUT2D eigenvalue weighted by Crippen LogP contribution is -2.39. The number of hydrogen-bond donors (Lipinski definition) is 0. The monoisotopic (exact) mass is 360 g/mol. The van der Waals surface area contributed by atoms with E-state index < -0.39 is 5.60 Å². The van der Waals surface area contributed by atoms with Gasteiger partial charge in [0, 0.05) is 31.2 Å². The van der Waals surface area contributed by atoms with E-state index in [0.29, 0.717) is 37.5 Å². The Hall–Kier alpha value is -0.410. The van der Waals surface area contributed by atoms with Crippen LogP contribution < -0.4 is 0 Å². The second-order valence-corrected chi connectivity index (χ2v) is 7.89. The van der Waals surface area contributed by atoms with Crippen molar-refractivity contribution in [2.45, 2.75) is 85.7 Å². The van der Waals surface area contributed by atoms with Crippen molar-refractivity contribution in [3.05, 3.63) is 0 Å². The Labute approximate surface area is 153 Å². The van der Waals surface area contributed by atoms with Crippen LogP contribution in [0, 0.1) is 17.8 Å². The third kappa shape index (κ3) is 8.62. The summed E-state index contributed by atoms with van der Waals surface area (Å²) in [4.78, 5) is 24.5. The molecule has 0 aromatic heterocycles. The molecule has 4 unspecified atom stereocenters. The highest BCUT2D eigenvalue weighted by Crippen LogP contribution is 2.24. The lowest BCUT2D eigenvalue weighted by Gasteiger charge is -2.29. The fourth-order valence-electron chi connectivity index (χ4n) is 2.56. The van der Waals surface area contributed by atoms with E-state index in [1.807, 2.05) is 27.7 Å². The SMILES string of the molecule is CCC(C)C(=O)CC(C)CCOC(C)(CC)C(=O)CC(C)CCCl. The number of carbonyl (C=O) groups is 2. The van der Waals surface area contributed by atoms with Crippen LogP contribution in [0.5, 0.6) is 0 Å². The van der Waals surface area contributed by atoms with Gasteiger partial charge < -0.3 is 4.74 Å². The van der Waals surface area contributed by atoms with Crippen LogP contribution in [0.2, 0.25) is 0 Å². The second-order valence-electron chi connectivity index (χ2n) is 7.52. The molecule has 4 atom stereocenters. The minimum absolute atomic E-state index is 0.138. The Morgan fingerprint density at radius 1 is 1.04 bits per heavy atom. The molecule has 0 aliphatic rings. The molecule has 0 aliphatic carbocycles. The summed E-state index contributed by atoms with van der Waals surface area (Å²) in [5, 5.41) is 0. The summed E-state index contributed by atoms with van der Waals surface area (Å²) in [6.45, 7) is 12.6. The summed E-state index contributed by atoms with van der Waals surface area (Å²) in [6, 6.07) is 0. The van der Waals surface area contributed by atoms with Gasteiger partial charge in [-0.05, 0) is 44.4 Å². The van der Waals surface area contributed by atoms with Crippen molar-refractivity contribution in [1.82, 2.24) is 0 Å². The highest BCUT2D eigenvalue weighted by molar-refractivity contribution is 6.17. The van der Waals surface area contributed by atoms with E-state index in [4.69, 9.17) is 16.3 Å². The molecule has 0 bridgehead atoms. The van der Waals surface area contributed by atoms with Gasteiger partial charge in [0.1, 0.15) is 11.4 Å². The minimum Gasteiger partial charge on any atom is -0.368 e. The zero-order valence-electron chi connectivity index (χ0n) is 16.5. The molecule has 0 aromatic rings. The van der Waals surface area contributed by atoms with Gasteiger partial charge in [-0.1, -0.05) is 34.6 Å². The van der Waals surface area contributed by atoms with Crippen LogP contribution in [0.15, 0.2) is 0 Å². The predicted octanol–water partition coefficient (Wildman–Crippen LogP) is 5.43. The van der Waals surface area contributed by atoms with Crippen molar-refractivity contribution in [3.8, 4) is 0 Å². The first-order chi connectivity index (χ1) is 11.2. The molecule has 0 saturated heterocycles. The smallest absolute Gasteiger partial charge is 0.164 e. The Balaban J connectivity index is 4.37. The fraction of sp³-hybridized carbons (Fsp3) is 0.900. The minimum atomic E-state index is -0.721. The first-order valence-corrected chi connectivity index (χ1v) is 9.99. The van der Waals surface area contributed by atoms with Crippen molar-refractivity contribution in [2.75, 3.05) is 12.5 Å². The highest BCUT2D eigenvalue weighted by atomic mass is 35.5. The van der Waals surface area contributed by atoms with E-state index in [9.17, 15) is 9.59 Å². The Bertz CT molecular complexity index is 383. The van der Waals surface area contributed by atoms with Crippen LogP contribution in [0.3, 0.4) is 0 Å². The molecule has 0 spiro atoms. The first kappa shape index (κ1) is 23.6. The lowest BCUT2D eigenvalue weighted by atomic mass is 9.89. The molecule has 0 aliphatic heterocycles. The number of alkyl halides is 1. The van der Waals surface area contributed by atoms with Crippen molar-refractivity contribution >= 4 is 23.2 Å². The standard InChI is InChI=1S/C20H37ClO3/c1-7-17(5)18(22)13-16(4)10-12-24-20(6,8-2)19(23)14-15(3)9-11-21/h15-17H,7-14H2,1-6H3. The maximum Gasteiger partial charge on any atom is 0.164 e. The average Bonchev–Trinajstić information content (AvgIpc) is 2.53. The van der Waals surface area contributed by atoms with Gasteiger partial charge in [0.05, 0.1) is 0 Å². The molecule has 3 nitrogen and oxygen atoms in total. The van der Waals surface area contributed by atoms with E-state index >= 15 is 0 Å². The van der Waals surface area contributed by atoms with Gasteiger partial charge >= 0.3 is 0 Å². The zero-order valence-corrected chi connectivity index (χ0v) is 17.2. The molecule has 0 heterocycles. The van der Waals surface area contributed by atoms with Crippen molar-refractivity contribution in [2.24, 2.45) is 17.8 Å². The van der Waals surface area contributed by atoms with Crippen molar-refractivity contribution < 1.29 is 14.3 Å². The maximum absolute atomic E-state index is 12.5. The third-order valence-electron chi connectivity index (χ3n) is 5.14. The summed E-state index contributed by atoms with van der Waals surface area (Å²) in [7, 11) is 0. The van der Waals surface area contributed by atoms with Crippen LogP contribution in [-0.4, -0.2) is 29.7 Å². The van der Waals surface area contributed by atoms with Crippen LogP contribution in [0.25, 0.3) is 0 Å². The Morgan fingerprint density at radius 2 is 1.62 bits per heavy atom. The Morgan fingerprint density at radius 3 is 2.12 bits per heavy atom. The molecule has 0 saturated carbocycles. The Kier molecular flexibility index (Phi) is 11.8. The van der Waals surface area contributed by atoms with Crippen LogP contribution >= 0.6 is 11.6 Å². The number of Topliss-reactive ketones (excluding diaryl/α,β-unsaturated/α-hetero) is 2. The third-order valence-corrected chi connectivity index (χ3v) is 5.36. The van der Waals surface area contributed by atoms with E-state index in [1.54, 1.807) is 0 Å². The molecule has 0 fully saturated rings. The summed E-state index contributed by atoms with van der Waals surface area (Å²) < 4.78 is 5.96. The van der Waals surface area contributed by atoms with Gasteiger partial charge in [-0.3, -0.25) is 9.59 Å². The molecule has 0 aromatic carbocycles. The number of ketones is 2. The number of rotatable bonds is 14. The van der Waals surface area contributed by atoms with Gasteiger partial charge in [-0.15, -0.1) is 11.6 Å². The quantitative estimate of drug-likeness (QED) is 0.388. The second kappa shape index (κ2) is 12.0. The van der Waals surface area contributed by atoms with E-state index in [1.165, 1.54) is 0 Å². The van der Waals surface area contributed by atoms with Crippen LogP contribution in [0.1, 0.15) is 80.1 Å². The average molecular weight is 361 g/mol. The summed E-state index contributed by atoms with van der Waals surface area (Å²) in [5.74, 6) is 1.79. The summed E-state index contributed by atoms with van der Waals surface area (Å²) >= 11 is 5.75. The molecule has 24 heavy (non-hydrogen) atoms. The molecule has 0 radical (unpaired) electrons. The number of carbonyl (C=O) groups excluding carboxylic acids is 2. The predicted molar refractivity (Wildman–Crippen MR) is 102 cm³/mol. The number of halogens is 1. The number of hydrogen-bond acceptors (Lipinski definition) is 3. The molecule has 0 rings (SSSR count). The topological polar surface area (TPSA) is 43.4 Å². The van der Waals surface area contributed by atoms with Crippen LogP contribution in [0.4, 0.5) is 0 Å². The molecule has 0 N–H and O–H groups in total. The van der Waals surface area contributed by atoms with Gasteiger partial charge in [0.2, 0.25) is 0 Å². The van der Waals surface area contributed by atoms with Crippen molar-refractivity contribution in [3.63, 3.8) is 0 Å². The molecular formula is C20H37ClO3. The lowest BCUT2D eigenvalue weighted by molar-refractivity contribution is -0.144. The largest absolute Gasteiger partial charge is 0.368 e. The normalized spacial score (nSPS) is 17.8. The first-order valence-electron chi connectivity index (χ1n) is 9.46. The van der Waals surface area contributed by atoms with E-state index in [-0.39, 0.29) is 23.5 Å². The van der Waals surface area contributed by atoms with Gasteiger partial charge in [0.25, 0.3) is 0 Å². The summed E-state index contributed by atoms with van der Waals surface area (Å²) in [5.41, 5.74) is -0.721. The maximum atomic E-state index is 12.5. The van der Waals surface area contributed by atoms with Crippen molar-refractivity contribution in [1.29, 1.82) is 0 Å². The molecular weight excluding hydrogens is 324 g/mol. The van der Waals surface area contributed by atoms with E-state index in [2.05, 4.69) is 13.8 Å². The number of ether oxygens (including phenoxy) is 1. The van der Waals surface area contributed by atoms with Gasteiger partial charge in [-0.2, -0.15) is 0 Å². The molecule has 142 valence electrons. The molecule has 4 heteroatoms. The zero-order chi connectivity index (χ0) is 18.8. The fourth-order valence-corrected chi connectivity index (χ4v) is 2.93.